The topological polar surface area (TPSA) is 54.4 Å². The summed E-state index contributed by atoms with van der Waals surface area (Å²) in [7, 11) is 0. The molecule has 0 radical (unpaired) electrons. The molecule has 0 aliphatic rings. The van der Waals surface area contributed by atoms with E-state index in [-0.39, 0.29) is 5.56 Å². The van der Waals surface area contributed by atoms with Crippen molar-refractivity contribution in [1.82, 2.24) is 0 Å². The molecule has 0 amide bonds. The van der Waals surface area contributed by atoms with E-state index in [1.165, 1.54) is 17.4 Å². The van der Waals surface area contributed by atoms with Crippen molar-refractivity contribution < 1.29 is 14.7 Å². The van der Waals surface area contributed by atoms with Crippen LogP contribution >= 0.6 is 11.3 Å². The molecule has 1 aromatic carbocycles. The summed E-state index contributed by atoms with van der Waals surface area (Å²) in [6, 6.07) is 6.52. The second kappa shape index (κ2) is 3.23. The number of fused-ring (bicyclic) bond motifs is 1. The molecule has 0 saturated carbocycles. The minimum absolute atomic E-state index is 0.243. The summed E-state index contributed by atoms with van der Waals surface area (Å²) >= 11 is 1.36. The van der Waals surface area contributed by atoms with Crippen molar-refractivity contribution >= 4 is 33.7 Å². The van der Waals surface area contributed by atoms with E-state index in [1.807, 2.05) is 0 Å². The fourth-order valence-corrected chi connectivity index (χ4v) is 2.11. The molecule has 1 heterocycles. The summed E-state index contributed by atoms with van der Waals surface area (Å²) in [6.07, 6.45) is 0.769. The smallest absolute Gasteiger partial charge is 0.335 e. The number of rotatable bonds is 2. The van der Waals surface area contributed by atoms with E-state index >= 15 is 0 Å². The summed E-state index contributed by atoms with van der Waals surface area (Å²) in [5.74, 6) is -0.953. The van der Waals surface area contributed by atoms with Crippen molar-refractivity contribution in [2.45, 2.75) is 0 Å². The number of aromatic carboxylic acids is 1. The van der Waals surface area contributed by atoms with Crippen LogP contribution in [-0.4, -0.2) is 17.4 Å². The van der Waals surface area contributed by atoms with E-state index < -0.39 is 5.97 Å². The molecular formula is C10H6O3S. The Morgan fingerprint density at radius 3 is 2.79 bits per heavy atom. The van der Waals surface area contributed by atoms with Crippen molar-refractivity contribution in [3.05, 3.63) is 34.7 Å². The predicted molar refractivity (Wildman–Crippen MR) is 54.2 cm³/mol. The van der Waals surface area contributed by atoms with E-state index in [0.29, 0.717) is 4.88 Å². The monoisotopic (exact) mass is 206 g/mol. The van der Waals surface area contributed by atoms with Gasteiger partial charge in [-0.15, -0.1) is 11.3 Å². The molecule has 14 heavy (non-hydrogen) atoms. The number of carbonyl (C=O) groups excluding carboxylic acids is 1. The quantitative estimate of drug-likeness (QED) is 0.767. The van der Waals surface area contributed by atoms with E-state index in [2.05, 4.69) is 0 Å². The third kappa shape index (κ3) is 1.40. The number of carboxylic acids is 1. The SMILES string of the molecule is O=Cc1cc2cc(C(=O)O)ccc2s1. The Morgan fingerprint density at radius 1 is 1.36 bits per heavy atom. The zero-order chi connectivity index (χ0) is 10.1. The molecule has 0 spiro atoms. The van der Waals surface area contributed by atoms with Crippen molar-refractivity contribution in [3.63, 3.8) is 0 Å². The van der Waals surface area contributed by atoms with Crippen molar-refractivity contribution in [2.75, 3.05) is 0 Å². The molecule has 0 bridgehead atoms. The summed E-state index contributed by atoms with van der Waals surface area (Å²) in [5.41, 5.74) is 0.243. The second-order valence-electron chi connectivity index (χ2n) is 2.82. The van der Waals surface area contributed by atoms with Crippen LogP contribution in [0.15, 0.2) is 24.3 Å². The molecule has 0 aliphatic carbocycles. The van der Waals surface area contributed by atoms with Gasteiger partial charge in [-0.1, -0.05) is 0 Å². The maximum Gasteiger partial charge on any atom is 0.335 e. The van der Waals surface area contributed by atoms with Gasteiger partial charge >= 0.3 is 5.97 Å². The van der Waals surface area contributed by atoms with Gasteiger partial charge in [0.2, 0.25) is 0 Å². The van der Waals surface area contributed by atoms with Crippen molar-refractivity contribution in [1.29, 1.82) is 0 Å². The zero-order valence-electron chi connectivity index (χ0n) is 7.06. The van der Waals surface area contributed by atoms with E-state index in [1.54, 1.807) is 18.2 Å². The van der Waals surface area contributed by atoms with Crippen LogP contribution in [0.5, 0.6) is 0 Å². The van der Waals surface area contributed by atoms with Crippen LogP contribution in [-0.2, 0) is 0 Å². The second-order valence-corrected chi connectivity index (χ2v) is 3.94. The number of aldehydes is 1. The van der Waals surface area contributed by atoms with Gasteiger partial charge in [0, 0.05) is 4.70 Å². The lowest BCUT2D eigenvalue weighted by atomic mass is 10.2. The minimum atomic E-state index is -0.953. The highest BCUT2D eigenvalue weighted by atomic mass is 32.1. The minimum Gasteiger partial charge on any atom is -0.478 e. The number of carbonyl (C=O) groups is 2. The Labute approximate surface area is 83.6 Å². The van der Waals surface area contributed by atoms with Gasteiger partial charge in [-0.2, -0.15) is 0 Å². The van der Waals surface area contributed by atoms with Crippen LogP contribution in [0, 0.1) is 0 Å². The highest BCUT2D eigenvalue weighted by Gasteiger charge is 2.05. The summed E-state index contributed by atoms with van der Waals surface area (Å²) in [6.45, 7) is 0. The maximum absolute atomic E-state index is 10.7. The molecule has 70 valence electrons. The van der Waals surface area contributed by atoms with Crippen LogP contribution in [0.4, 0.5) is 0 Å². The first kappa shape index (κ1) is 8.90. The molecule has 0 saturated heterocycles. The lowest BCUT2D eigenvalue weighted by molar-refractivity contribution is 0.0697. The molecule has 2 rings (SSSR count). The maximum atomic E-state index is 10.7. The third-order valence-corrected chi connectivity index (χ3v) is 2.94. The Hall–Kier alpha value is -1.68. The van der Waals surface area contributed by atoms with E-state index in [0.717, 1.165) is 16.4 Å². The Bertz CT molecular complexity index is 513. The Morgan fingerprint density at radius 2 is 2.14 bits per heavy atom. The lowest BCUT2D eigenvalue weighted by Crippen LogP contribution is -1.94. The van der Waals surface area contributed by atoms with Gasteiger partial charge < -0.3 is 5.11 Å². The molecule has 4 heteroatoms. The van der Waals surface area contributed by atoms with Crippen LogP contribution < -0.4 is 0 Å². The van der Waals surface area contributed by atoms with Gasteiger partial charge in [-0.05, 0) is 29.7 Å². The molecule has 1 N–H and O–H groups in total. The van der Waals surface area contributed by atoms with Gasteiger partial charge in [0.1, 0.15) is 0 Å². The van der Waals surface area contributed by atoms with Crippen molar-refractivity contribution in [3.8, 4) is 0 Å². The first-order chi connectivity index (χ1) is 6.70. The largest absolute Gasteiger partial charge is 0.478 e. The summed E-state index contributed by atoms with van der Waals surface area (Å²) < 4.78 is 0.928. The number of benzene rings is 1. The number of thiophene rings is 1. The average Bonchev–Trinajstić information content (AvgIpc) is 2.58. The van der Waals surface area contributed by atoms with Gasteiger partial charge in [0.15, 0.2) is 6.29 Å². The molecule has 0 atom stereocenters. The normalized spacial score (nSPS) is 10.3. The first-order valence-corrected chi connectivity index (χ1v) is 4.74. The van der Waals surface area contributed by atoms with Crippen molar-refractivity contribution in [2.24, 2.45) is 0 Å². The average molecular weight is 206 g/mol. The van der Waals surface area contributed by atoms with Gasteiger partial charge in [-0.3, -0.25) is 4.79 Å². The molecule has 1 aromatic heterocycles. The third-order valence-electron chi connectivity index (χ3n) is 1.90. The van der Waals surface area contributed by atoms with Gasteiger partial charge in [0.25, 0.3) is 0 Å². The molecule has 0 unspecified atom stereocenters. The summed E-state index contributed by atoms with van der Waals surface area (Å²) in [5, 5.41) is 9.54. The number of hydrogen-bond acceptors (Lipinski definition) is 3. The molecular weight excluding hydrogens is 200 g/mol. The fraction of sp³-hybridized carbons (Fsp3) is 0. The number of hydrogen-bond donors (Lipinski definition) is 1. The first-order valence-electron chi connectivity index (χ1n) is 3.93. The van der Waals surface area contributed by atoms with E-state index in [9.17, 15) is 9.59 Å². The Balaban J connectivity index is 2.65. The van der Waals surface area contributed by atoms with Gasteiger partial charge in [0.05, 0.1) is 10.4 Å². The van der Waals surface area contributed by atoms with Crippen LogP contribution in [0.3, 0.4) is 0 Å². The molecule has 0 fully saturated rings. The van der Waals surface area contributed by atoms with Crippen LogP contribution in [0.2, 0.25) is 0 Å². The highest BCUT2D eigenvalue weighted by molar-refractivity contribution is 7.20. The van der Waals surface area contributed by atoms with Crippen LogP contribution in [0.25, 0.3) is 10.1 Å². The zero-order valence-corrected chi connectivity index (χ0v) is 7.88. The fourth-order valence-electron chi connectivity index (χ4n) is 1.26. The molecule has 3 nitrogen and oxygen atoms in total. The highest BCUT2D eigenvalue weighted by Crippen LogP contribution is 2.25. The van der Waals surface area contributed by atoms with Crippen LogP contribution in [0.1, 0.15) is 20.0 Å². The standard InChI is InChI=1S/C10H6O3S/c11-5-8-4-7-3-6(10(12)13)1-2-9(7)14-8/h1-5H,(H,12,13). The molecule has 0 aliphatic heterocycles. The Kier molecular flexibility index (Phi) is 2.05. The lowest BCUT2D eigenvalue weighted by Gasteiger charge is -1.92. The van der Waals surface area contributed by atoms with Gasteiger partial charge in [-0.25, -0.2) is 4.79 Å². The summed E-state index contributed by atoms with van der Waals surface area (Å²) in [4.78, 5) is 21.8. The predicted octanol–water partition coefficient (Wildman–Crippen LogP) is 2.41. The number of carboxylic acid groups (broad SMARTS) is 1. The van der Waals surface area contributed by atoms with E-state index in [4.69, 9.17) is 5.11 Å². The molecule has 2 aromatic rings.